The number of hydrogen-bond donors (Lipinski definition) is 2. The molecule has 0 fully saturated rings. The minimum atomic E-state index is 0.676. The molecular formula is C14H15N3O. The van der Waals surface area contributed by atoms with Gasteiger partial charge in [-0.25, -0.2) is 4.98 Å². The quantitative estimate of drug-likeness (QED) is 0.865. The minimum Gasteiger partial charge on any atom is -0.493 e. The van der Waals surface area contributed by atoms with Gasteiger partial charge in [-0.3, -0.25) is 0 Å². The van der Waals surface area contributed by atoms with Crippen LogP contribution >= 0.6 is 0 Å². The molecule has 0 amide bonds. The summed E-state index contributed by atoms with van der Waals surface area (Å²) >= 11 is 0. The largest absolute Gasteiger partial charge is 0.493 e. The third-order valence-electron chi connectivity index (χ3n) is 3.01. The number of nitrogen functional groups attached to an aromatic ring is 1. The van der Waals surface area contributed by atoms with E-state index in [1.807, 2.05) is 18.2 Å². The molecule has 0 radical (unpaired) electrons. The van der Waals surface area contributed by atoms with Crippen LogP contribution in [0.1, 0.15) is 11.1 Å². The van der Waals surface area contributed by atoms with Crippen molar-refractivity contribution in [1.82, 2.24) is 4.98 Å². The van der Waals surface area contributed by atoms with E-state index in [0.717, 1.165) is 31.1 Å². The normalized spacial score (nSPS) is 12.9. The second-order valence-electron chi connectivity index (χ2n) is 4.37. The van der Waals surface area contributed by atoms with Crippen molar-refractivity contribution in [3.05, 3.63) is 47.7 Å². The summed E-state index contributed by atoms with van der Waals surface area (Å²) in [6.45, 7) is 1.55. The Morgan fingerprint density at radius 1 is 1.28 bits per heavy atom. The molecule has 18 heavy (non-hydrogen) atoms. The van der Waals surface area contributed by atoms with Gasteiger partial charge < -0.3 is 15.8 Å². The monoisotopic (exact) mass is 241 g/mol. The maximum Gasteiger partial charge on any atom is 0.126 e. The van der Waals surface area contributed by atoms with Gasteiger partial charge in [0.15, 0.2) is 0 Å². The number of hydrogen-bond acceptors (Lipinski definition) is 4. The van der Waals surface area contributed by atoms with Crippen LogP contribution in [0.25, 0.3) is 0 Å². The van der Waals surface area contributed by atoms with Crippen molar-refractivity contribution in [3.63, 3.8) is 0 Å². The average molecular weight is 241 g/mol. The van der Waals surface area contributed by atoms with Crippen molar-refractivity contribution >= 4 is 11.5 Å². The number of nitrogens with one attached hydrogen (secondary N) is 1. The van der Waals surface area contributed by atoms with E-state index in [1.165, 1.54) is 11.1 Å². The average Bonchev–Trinajstić information content (AvgIpc) is 2.85. The fourth-order valence-corrected chi connectivity index (χ4v) is 2.05. The molecule has 92 valence electrons. The fourth-order valence-electron chi connectivity index (χ4n) is 2.05. The molecular weight excluding hydrogens is 226 g/mol. The number of nitrogens with zero attached hydrogens (tertiary/aromatic N) is 1. The van der Waals surface area contributed by atoms with Crippen molar-refractivity contribution in [2.45, 2.75) is 13.0 Å². The Hall–Kier alpha value is -2.23. The van der Waals surface area contributed by atoms with Gasteiger partial charge >= 0.3 is 0 Å². The number of aromatic nitrogens is 1. The molecule has 0 saturated carbocycles. The lowest BCUT2D eigenvalue weighted by Crippen LogP contribution is -2.01. The van der Waals surface area contributed by atoms with Crippen LogP contribution in [0.3, 0.4) is 0 Å². The Bertz CT molecular complexity index is 551. The Morgan fingerprint density at radius 3 is 3.06 bits per heavy atom. The summed E-state index contributed by atoms with van der Waals surface area (Å²) in [6.07, 6.45) is 2.65. The predicted octanol–water partition coefficient (Wildman–Crippen LogP) is 2.21. The van der Waals surface area contributed by atoms with Crippen LogP contribution in [0.2, 0.25) is 0 Å². The zero-order valence-corrected chi connectivity index (χ0v) is 10.0. The van der Waals surface area contributed by atoms with Gasteiger partial charge in [-0.2, -0.15) is 0 Å². The summed E-state index contributed by atoms with van der Waals surface area (Å²) in [5.41, 5.74) is 8.79. The topological polar surface area (TPSA) is 60.2 Å². The van der Waals surface area contributed by atoms with E-state index in [-0.39, 0.29) is 0 Å². The van der Waals surface area contributed by atoms with Gasteiger partial charge in [0.1, 0.15) is 11.6 Å². The highest BCUT2D eigenvalue weighted by molar-refractivity contribution is 5.45. The Labute approximate surface area is 106 Å². The van der Waals surface area contributed by atoms with Crippen LogP contribution < -0.4 is 15.8 Å². The highest BCUT2D eigenvalue weighted by atomic mass is 16.5. The number of ether oxygens (including phenoxy) is 1. The summed E-state index contributed by atoms with van der Waals surface area (Å²) in [5, 5.41) is 3.27. The fraction of sp³-hybridized carbons (Fsp3) is 0.214. The molecule has 4 heteroatoms. The van der Waals surface area contributed by atoms with Crippen molar-refractivity contribution in [2.75, 3.05) is 17.7 Å². The molecule has 0 spiro atoms. The molecule has 2 aromatic rings. The van der Waals surface area contributed by atoms with Gasteiger partial charge in [0.2, 0.25) is 0 Å². The SMILES string of the molecule is Nc1ccc(NCc2ccc3c(c2)CCO3)nc1. The molecule has 1 aliphatic heterocycles. The van der Waals surface area contributed by atoms with E-state index in [4.69, 9.17) is 10.5 Å². The van der Waals surface area contributed by atoms with Gasteiger partial charge in [-0.15, -0.1) is 0 Å². The molecule has 0 aliphatic carbocycles. The molecule has 1 aromatic carbocycles. The maximum absolute atomic E-state index is 5.59. The Morgan fingerprint density at radius 2 is 2.22 bits per heavy atom. The van der Waals surface area contributed by atoms with Crippen molar-refractivity contribution in [1.29, 1.82) is 0 Å². The predicted molar refractivity (Wildman–Crippen MR) is 71.6 cm³/mol. The molecule has 0 saturated heterocycles. The second kappa shape index (κ2) is 4.56. The summed E-state index contributed by atoms with van der Waals surface area (Å²) in [7, 11) is 0. The van der Waals surface area contributed by atoms with E-state index in [9.17, 15) is 0 Å². The van der Waals surface area contributed by atoms with Gasteiger partial charge in [-0.05, 0) is 29.3 Å². The van der Waals surface area contributed by atoms with Crippen LogP contribution in [0, 0.1) is 0 Å². The van der Waals surface area contributed by atoms with E-state index in [2.05, 4.69) is 22.4 Å². The van der Waals surface area contributed by atoms with Crippen molar-refractivity contribution in [2.24, 2.45) is 0 Å². The van der Waals surface area contributed by atoms with E-state index < -0.39 is 0 Å². The van der Waals surface area contributed by atoms with Gasteiger partial charge in [0.25, 0.3) is 0 Å². The Kier molecular flexibility index (Phi) is 2.76. The van der Waals surface area contributed by atoms with Crippen LogP contribution in [-0.4, -0.2) is 11.6 Å². The van der Waals surface area contributed by atoms with Gasteiger partial charge in [0, 0.05) is 13.0 Å². The van der Waals surface area contributed by atoms with Crippen molar-refractivity contribution in [3.8, 4) is 5.75 Å². The third-order valence-corrected chi connectivity index (χ3v) is 3.01. The van der Waals surface area contributed by atoms with E-state index in [1.54, 1.807) is 6.20 Å². The molecule has 1 aliphatic rings. The number of nitrogens with two attached hydrogens (primary N) is 1. The molecule has 4 nitrogen and oxygen atoms in total. The number of pyridine rings is 1. The standard InChI is InChI=1S/C14H15N3O/c15-12-2-4-14(17-9-12)16-8-10-1-3-13-11(7-10)5-6-18-13/h1-4,7,9H,5-6,8,15H2,(H,16,17). The minimum absolute atomic E-state index is 0.676. The number of benzene rings is 1. The maximum atomic E-state index is 5.59. The first-order valence-corrected chi connectivity index (χ1v) is 6.01. The number of fused-ring (bicyclic) bond motifs is 1. The molecule has 3 rings (SSSR count). The summed E-state index contributed by atoms with van der Waals surface area (Å²) < 4.78 is 5.48. The van der Waals surface area contributed by atoms with E-state index in [0.29, 0.717) is 5.69 Å². The molecule has 3 N–H and O–H groups in total. The first-order valence-electron chi connectivity index (χ1n) is 6.01. The first kappa shape index (κ1) is 10.9. The highest BCUT2D eigenvalue weighted by Crippen LogP contribution is 2.26. The van der Waals surface area contributed by atoms with Gasteiger partial charge in [0.05, 0.1) is 18.5 Å². The first-order chi connectivity index (χ1) is 8.81. The van der Waals surface area contributed by atoms with E-state index >= 15 is 0 Å². The lowest BCUT2D eigenvalue weighted by atomic mass is 10.1. The summed E-state index contributed by atoms with van der Waals surface area (Å²) in [6, 6.07) is 10.0. The smallest absolute Gasteiger partial charge is 0.126 e. The van der Waals surface area contributed by atoms with Crippen LogP contribution in [0.5, 0.6) is 5.75 Å². The van der Waals surface area contributed by atoms with Crippen molar-refractivity contribution < 1.29 is 4.74 Å². The van der Waals surface area contributed by atoms with Crippen LogP contribution in [-0.2, 0) is 13.0 Å². The van der Waals surface area contributed by atoms with Crippen LogP contribution in [0.15, 0.2) is 36.5 Å². The molecule has 0 atom stereocenters. The number of anilines is 2. The highest BCUT2D eigenvalue weighted by Gasteiger charge is 2.11. The molecule has 0 bridgehead atoms. The summed E-state index contributed by atoms with van der Waals surface area (Å²) in [5.74, 6) is 1.85. The Balaban J connectivity index is 1.68. The zero-order valence-electron chi connectivity index (χ0n) is 10.0. The van der Waals surface area contributed by atoms with Gasteiger partial charge in [-0.1, -0.05) is 12.1 Å². The molecule has 2 heterocycles. The zero-order chi connectivity index (χ0) is 12.4. The van der Waals surface area contributed by atoms with Crippen LogP contribution in [0.4, 0.5) is 11.5 Å². The number of rotatable bonds is 3. The molecule has 1 aromatic heterocycles. The second-order valence-corrected chi connectivity index (χ2v) is 4.37. The summed E-state index contributed by atoms with van der Waals surface area (Å²) in [4.78, 5) is 4.21. The molecule has 0 unspecified atom stereocenters. The third kappa shape index (κ3) is 2.22. The lowest BCUT2D eigenvalue weighted by molar-refractivity contribution is 0.357. The lowest BCUT2D eigenvalue weighted by Gasteiger charge is -2.07.